The van der Waals surface area contributed by atoms with Gasteiger partial charge in [0.05, 0.1) is 5.60 Å². The van der Waals surface area contributed by atoms with Crippen molar-refractivity contribution in [3.8, 4) is 0 Å². The summed E-state index contributed by atoms with van der Waals surface area (Å²) in [6.07, 6.45) is 1.86. The Morgan fingerprint density at radius 2 is 2.17 bits per heavy atom. The molecule has 2 nitrogen and oxygen atoms in total. The van der Waals surface area contributed by atoms with Gasteiger partial charge in [-0.25, -0.2) is 0 Å². The van der Waals surface area contributed by atoms with Crippen LogP contribution in [0.4, 0.5) is 0 Å². The standard InChI is InChI=1S/C9H18ClNO/c1-4-12-9(2,3)8-11-7-5-6-10/h5-6,11H,4,7-8H2,1-3H3/b6-5+. The molecule has 0 aromatic carbocycles. The number of hydrogen-bond donors (Lipinski definition) is 1. The Balaban J connectivity index is 3.46. The summed E-state index contributed by atoms with van der Waals surface area (Å²) < 4.78 is 5.49. The summed E-state index contributed by atoms with van der Waals surface area (Å²) >= 11 is 5.36. The van der Waals surface area contributed by atoms with E-state index in [9.17, 15) is 0 Å². The molecular weight excluding hydrogens is 174 g/mol. The summed E-state index contributed by atoms with van der Waals surface area (Å²) in [7, 11) is 0. The van der Waals surface area contributed by atoms with E-state index in [4.69, 9.17) is 16.3 Å². The molecule has 0 aliphatic carbocycles. The molecule has 3 heteroatoms. The molecule has 0 atom stereocenters. The molecule has 0 aromatic heterocycles. The molecule has 0 rings (SSSR count). The van der Waals surface area contributed by atoms with E-state index in [0.29, 0.717) is 0 Å². The number of hydrogen-bond acceptors (Lipinski definition) is 2. The Morgan fingerprint density at radius 3 is 2.67 bits per heavy atom. The van der Waals surface area contributed by atoms with Crippen molar-refractivity contribution in [1.82, 2.24) is 5.32 Å². The average molecular weight is 192 g/mol. The summed E-state index contributed by atoms with van der Waals surface area (Å²) in [5.41, 5.74) is 1.43. The van der Waals surface area contributed by atoms with E-state index in [1.54, 1.807) is 0 Å². The molecule has 72 valence electrons. The monoisotopic (exact) mass is 191 g/mol. The van der Waals surface area contributed by atoms with Gasteiger partial charge in [-0.05, 0) is 20.8 Å². The minimum absolute atomic E-state index is 0.0884. The van der Waals surface area contributed by atoms with E-state index in [2.05, 4.69) is 19.2 Å². The van der Waals surface area contributed by atoms with Gasteiger partial charge in [-0.3, -0.25) is 0 Å². The van der Waals surface area contributed by atoms with Gasteiger partial charge in [-0.15, -0.1) is 0 Å². The lowest BCUT2D eigenvalue weighted by molar-refractivity contribution is -0.00811. The van der Waals surface area contributed by atoms with Gasteiger partial charge in [-0.1, -0.05) is 17.7 Å². The van der Waals surface area contributed by atoms with E-state index in [0.717, 1.165) is 19.7 Å². The first-order valence-corrected chi connectivity index (χ1v) is 4.66. The molecule has 12 heavy (non-hydrogen) atoms. The van der Waals surface area contributed by atoms with Crippen LogP contribution in [0.25, 0.3) is 0 Å². The zero-order valence-corrected chi connectivity index (χ0v) is 8.82. The van der Waals surface area contributed by atoms with E-state index < -0.39 is 0 Å². The lowest BCUT2D eigenvalue weighted by Crippen LogP contribution is -2.37. The molecule has 0 fully saturated rings. The molecule has 0 spiro atoms. The molecule has 1 N–H and O–H groups in total. The molecule has 0 aliphatic heterocycles. The van der Waals surface area contributed by atoms with Crippen LogP contribution in [0, 0.1) is 0 Å². The molecule has 0 aliphatic rings. The van der Waals surface area contributed by atoms with E-state index in [-0.39, 0.29) is 5.60 Å². The molecule has 0 heterocycles. The Morgan fingerprint density at radius 1 is 1.50 bits per heavy atom. The van der Waals surface area contributed by atoms with Crippen LogP contribution in [0.1, 0.15) is 20.8 Å². The third-order valence-electron chi connectivity index (χ3n) is 1.44. The molecule has 0 saturated heterocycles. The van der Waals surface area contributed by atoms with E-state index in [1.165, 1.54) is 5.54 Å². The van der Waals surface area contributed by atoms with Gasteiger partial charge in [0.2, 0.25) is 0 Å². The third kappa shape index (κ3) is 6.65. The lowest BCUT2D eigenvalue weighted by Gasteiger charge is -2.24. The number of rotatable bonds is 6. The lowest BCUT2D eigenvalue weighted by atomic mass is 10.1. The molecule has 0 radical (unpaired) electrons. The van der Waals surface area contributed by atoms with Crippen molar-refractivity contribution in [3.05, 3.63) is 11.6 Å². The number of halogens is 1. The van der Waals surface area contributed by atoms with Crippen molar-refractivity contribution in [1.29, 1.82) is 0 Å². The topological polar surface area (TPSA) is 21.3 Å². The van der Waals surface area contributed by atoms with Gasteiger partial charge in [0.25, 0.3) is 0 Å². The van der Waals surface area contributed by atoms with Gasteiger partial charge in [-0.2, -0.15) is 0 Å². The largest absolute Gasteiger partial charge is 0.375 e. The highest BCUT2D eigenvalue weighted by Gasteiger charge is 2.15. The Kier molecular flexibility index (Phi) is 6.44. The minimum Gasteiger partial charge on any atom is -0.375 e. The second-order valence-electron chi connectivity index (χ2n) is 3.19. The summed E-state index contributed by atoms with van der Waals surface area (Å²) in [6, 6.07) is 0. The normalized spacial score (nSPS) is 12.7. The number of nitrogens with one attached hydrogen (secondary N) is 1. The molecular formula is C9H18ClNO. The van der Waals surface area contributed by atoms with Crippen molar-refractivity contribution >= 4 is 11.6 Å². The minimum atomic E-state index is -0.0884. The fourth-order valence-corrected chi connectivity index (χ4v) is 1.03. The van der Waals surface area contributed by atoms with Gasteiger partial charge < -0.3 is 10.1 Å². The molecule has 0 amide bonds. The average Bonchev–Trinajstić information content (AvgIpc) is 1.98. The first-order chi connectivity index (χ1) is 5.62. The van der Waals surface area contributed by atoms with E-state index >= 15 is 0 Å². The second kappa shape index (κ2) is 6.46. The first kappa shape index (κ1) is 11.9. The fourth-order valence-electron chi connectivity index (χ4n) is 0.943. The van der Waals surface area contributed by atoms with Crippen molar-refractivity contribution < 1.29 is 4.74 Å². The molecule has 0 unspecified atom stereocenters. The predicted molar refractivity (Wildman–Crippen MR) is 53.6 cm³/mol. The quantitative estimate of drug-likeness (QED) is 0.650. The maximum Gasteiger partial charge on any atom is 0.0750 e. The predicted octanol–water partition coefficient (Wildman–Crippen LogP) is 2.14. The zero-order chi connectivity index (χ0) is 9.45. The molecule has 0 bridgehead atoms. The van der Waals surface area contributed by atoms with Crippen LogP contribution in [-0.2, 0) is 4.74 Å². The summed E-state index contributed by atoms with van der Waals surface area (Å²) in [4.78, 5) is 0. The Labute approximate surface area is 79.9 Å². The highest BCUT2D eigenvalue weighted by Crippen LogP contribution is 2.06. The van der Waals surface area contributed by atoms with E-state index in [1.807, 2.05) is 13.0 Å². The summed E-state index contributed by atoms with van der Waals surface area (Å²) in [6.45, 7) is 8.50. The number of ether oxygens (including phenoxy) is 1. The molecule has 0 saturated carbocycles. The van der Waals surface area contributed by atoms with Crippen molar-refractivity contribution in [3.63, 3.8) is 0 Å². The summed E-state index contributed by atoms with van der Waals surface area (Å²) in [5.74, 6) is 0. The van der Waals surface area contributed by atoms with Crippen LogP contribution in [0.15, 0.2) is 11.6 Å². The van der Waals surface area contributed by atoms with Gasteiger partial charge in [0.15, 0.2) is 0 Å². The van der Waals surface area contributed by atoms with Gasteiger partial charge in [0, 0.05) is 25.2 Å². The van der Waals surface area contributed by atoms with Crippen LogP contribution in [0.5, 0.6) is 0 Å². The summed E-state index contributed by atoms with van der Waals surface area (Å²) in [5, 5.41) is 3.22. The molecule has 0 aromatic rings. The van der Waals surface area contributed by atoms with Crippen LogP contribution in [0.3, 0.4) is 0 Å². The first-order valence-electron chi connectivity index (χ1n) is 4.22. The van der Waals surface area contributed by atoms with Crippen LogP contribution in [0.2, 0.25) is 0 Å². The fraction of sp³-hybridized carbons (Fsp3) is 0.778. The smallest absolute Gasteiger partial charge is 0.0750 e. The highest BCUT2D eigenvalue weighted by atomic mass is 35.5. The Hall–Kier alpha value is -0.0500. The highest BCUT2D eigenvalue weighted by molar-refractivity contribution is 6.25. The maximum atomic E-state index is 5.49. The Bertz CT molecular complexity index is 134. The van der Waals surface area contributed by atoms with Crippen LogP contribution >= 0.6 is 11.6 Å². The SMILES string of the molecule is CCOC(C)(C)CNC/C=C/Cl. The van der Waals surface area contributed by atoms with Gasteiger partial charge >= 0.3 is 0 Å². The van der Waals surface area contributed by atoms with Crippen molar-refractivity contribution in [2.75, 3.05) is 19.7 Å². The maximum absolute atomic E-state index is 5.49. The van der Waals surface area contributed by atoms with Gasteiger partial charge in [0.1, 0.15) is 0 Å². The van der Waals surface area contributed by atoms with Crippen LogP contribution in [-0.4, -0.2) is 25.3 Å². The third-order valence-corrected chi connectivity index (χ3v) is 1.62. The zero-order valence-electron chi connectivity index (χ0n) is 8.06. The second-order valence-corrected chi connectivity index (χ2v) is 3.44. The van der Waals surface area contributed by atoms with Crippen LogP contribution < -0.4 is 5.32 Å². The van der Waals surface area contributed by atoms with Crippen molar-refractivity contribution in [2.24, 2.45) is 0 Å². The van der Waals surface area contributed by atoms with Crippen molar-refractivity contribution in [2.45, 2.75) is 26.4 Å².